The van der Waals surface area contributed by atoms with Crippen molar-refractivity contribution < 1.29 is 4.74 Å². The molecule has 0 amide bonds. The molecule has 1 aliphatic heterocycles. The Labute approximate surface area is 145 Å². The van der Waals surface area contributed by atoms with Crippen molar-refractivity contribution in [3.63, 3.8) is 0 Å². The lowest BCUT2D eigenvalue weighted by atomic mass is 10.1. The van der Waals surface area contributed by atoms with Crippen LogP contribution < -0.4 is 0 Å². The van der Waals surface area contributed by atoms with Crippen molar-refractivity contribution in [2.75, 3.05) is 19.7 Å². The van der Waals surface area contributed by atoms with E-state index in [1.165, 1.54) is 11.1 Å². The summed E-state index contributed by atoms with van der Waals surface area (Å²) >= 11 is 9.75. The highest BCUT2D eigenvalue weighted by molar-refractivity contribution is 9.09. The maximum Gasteiger partial charge on any atom is 0.0868 e. The molecule has 22 heavy (non-hydrogen) atoms. The number of hydrogen-bond acceptors (Lipinski definition) is 2. The number of rotatable bonds is 4. The summed E-state index contributed by atoms with van der Waals surface area (Å²) < 4.78 is 5.97. The SMILES string of the molecule is Clc1ccc([C@H](Br)[C@H]2CN(Cc3ccccc3)CCO2)cc1. The number of halogens is 2. The van der Waals surface area contributed by atoms with Crippen LogP contribution in [0.25, 0.3) is 0 Å². The van der Waals surface area contributed by atoms with E-state index >= 15 is 0 Å². The predicted molar refractivity (Wildman–Crippen MR) is 94.6 cm³/mol. The molecule has 0 N–H and O–H groups in total. The molecule has 2 atom stereocenters. The summed E-state index contributed by atoms with van der Waals surface area (Å²) in [5.41, 5.74) is 2.55. The second-order valence-electron chi connectivity index (χ2n) is 5.58. The molecule has 2 aromatic carbocycles. The smallest absolute Gasteiger partial charge is 0.0868 e. The monoisotopic (exact) mass is 379 g/mol. The normalized spacial score (nSPS) is 20.7. The lowest BCUT2D eigenvalue weighted by Gasteiger charge is -2.35. The highest BCUT2D eigenvalue weighted by Gasteiger charge is 2.27. The van der Waals surface area contributed by atoms with Crippen LogP contribution in [0.2, 0.25) is 5.02 Å². The summed E-state index contributed by atoms with van der Waals surface area (Å²) in [5, 5.41) is 0.763. The first kappa shape index (κ1) is 16.0. The molecule has 0 saturated carbocycles. The molecular formula is C18H19BrClNO. The minimum atomic E-state index is 0.152. The number of hydrogen-bond donors (Lipinski definition) is 0. The number of ether oxygens (including phenoxy) is 1. The van der Waals surface area contributed by atoms with Gasteiger partial charge in [-0.2, -0.15) is 0 Å². The van der Waals surface area contributed by atoms with Gasteiger partial charge in [-0.3, -0.25) is 4.90 Å². The van der Waals surface area contributed by atoms with E-state index in [-0.39, 0.29) is 10.9 Å². The molecular weight excluding hydrogens is 362 g/mol. The first-order valence-electron chi connectivity index (χ1n) is 7.50. The molecule has 1 aliphatic rings. The average Bonchev–Trinajstić information content (AvgIpc) is 2.56. The largest absolute Gasteiger partial charge is 0.374 e. The molecule has 0 spiro atoms. The minimum Gasteiger partial charge on any atom is -0.374 e. The fourth-order valence-corrected chi connectivity index (χ4v) is 3.51. The molecule has 0 bridgehead atoms. The fourth-order valence-electron chi connectivity index (χ4n) is 2.76. The van der Waals surface area contributed by atoms with Gasteiger partial charge in [0.15, 0.2) is 0 Å². The van der Waals surface area contributed by atoms with Gasteiger partial charge in [0.1, 0.15) is 0 Å². The maximum absolute atomic E-state index is 5.97. The Kier molecular flexibility index (Phi) is 5.53. The first-order chi connectivity index (χ1) is 10.7. The van der Waals surface area contributed by atoms with Crippen LogP contribution in [0.1, 0.15) is 16.0 Å². The van der Waals surface area contributed by atoms with Gasteiger partial charge in [-0.15, -0.1) is 0 Å². The van der Waals surface area contributed by atoms with Crippen molar-refractivity contribution >= 4 is 27.5 Å². The van der Waals surface area contributed by atoms with Gasteiger partial charge < -0.3 is 4.74 Å². The van der Waals surface area contributed by atoms with E-state index in [2.05, 4.69) is 63.3 Å². The Bertz CT molecular complexity index is 590. The van der Waals surface area contributed by atoms with Gasteiger partial charge in [0.05, 0.1) is 17.5 Å². The second kappa shape index (κ2) is 7.60. The van der Waals surface area contributed by atoms with E-state index in [4.69, 9.17) is 16.3 Å². The first-order valence-corrected chi connectivity index (χ1v) is 8.79. The zero-order valence-corrected chi connectivity index (χ0v) is 14.6. The summed E-state index contributed by atoms with van der Waals surface area (Å²) in [7, 11) is 0. The fraction of sp³-hybridized carbons (Fsp3) is 0.333. The summed E-state index contributed by atoms with van der Waals surface area (Å²) in [5.74, 6) is 0. The van der Waals surface area contributed by atoms with Gasteiger partial charge in [-0.25, -0.2) is 0 Å². The molecule has 0 unspecified atom stereocenters. The third-order valence-electron chi connectivity index (χ3n) is 3.94. The molecule has 116 valence electrons. The summed E-state index contributed by atoms with van der Waals surface area (Å²) in [6.45, 7) is 3.65. The van der Waals surface area contributed by atoms with Crippen molar-refractivity contribution in [1.29, 1.82) is 0 Å². The maximum atomic E-state index is 5.97. The van der Waals surface area contributed by atoms with Crippen molar-refractivity contribution in [3.05, 3.63) is 70.7 Å². The highest BCUT2D eigenvalue weighted by atomic mass is 79.9. The lowest BCUT2D eigenvalue weighted by Crippen LogP contribution is -2.43. The predicted octanol–water partition coefficient (Wildman–Crippen LogP) is 4.68. The standard InChI is InChI=1S/C18H19BrClNO/c19-18(15-6-8-16(20)9-7-15)17-13-21(10-11-22-17)12-14-4-2-1-3-5-14/h1-9,17-18H,10-13H2/t17-,18+/m1/s1. The van der Waals surface area contributed by atoms with Crippen LogP contribution >= 0.6 is 27.5 Å². The zero-order valence-electron chi connectivity index (χ0n) is 12.3. The van der Waals surface area contributed by atoms with Crippen LogP contribution in [0.4, 0.5) is 0 Å². The zero-order chi connectivity index (χ0) is 15.4. The molecule has 2 nitrogen and oxygen atoms in total. The third kappa shape index (κ3) is 4.11. The quantitative estimate of drug-likeness (QED) is 0.714. The molecule has 0 radical (unpaired) electrons. The number of alkyl halides is 1. The summed E-state index contributed by atoms with van der Waals surface area (Å²) in [6, 6.07) is 18.6. The Hall–Kier alpha value is -0.870. The molecule has 4 heteroatoms. The van der Waals surface area contributed by atoms with E-state index in [1.807, 2.05) is 12.1 Å². The summed E-state index contributed by atoms with van der Waals surface area (Å²) in [4.78, 5) is 2.64. The Morgan fingerprint density at radius 1 is 1.14 bits per heavy atom. The van der Waals surface area contributed by atoms with Crippen LogP contribution in [0.5, 0.6) is 0 Å². The van der Waals surface area contributed by atoms with Crippen LogP contribution in [0.15, 0.2) is 54.6 Å². The van der Waals surface area contributed by atoms with Gasteiger partial charge in [-0.05, 0) is 23.3 Å². The topological polar surface area (TPSA) is 12.5 Å². The number of nitrogens with zero attached hydrogens (tertiary/aromatic N) is 1. The number of benzene rings is 2. The molecule has 1 fully saturated rings. The molecule has 1 heterocycles. The highest BCUT2D eigenvalue weighted by Crippen LogP contribution is 2.31. The van der Waals surface area contributed by atoms with Crippen molar-refractivity contribution in [2.24, 2.45) is 0 Å². The van der Waals surface area contributed by atoms with Crippen molar-refractivity contribution in [1.82, 2.24) is 4.90 Å². The van der Waals surface area contributed by atoms with E-state index in [0.717, 1.165) is 31.3 Å². The third-order valence-corrected chi connectivity index (χ3v) is 5.31. The van der Waals surface area contributed by atoms with Crippen LogP contribution in [0, 0.1) is 0 Å². The van der Waals surface area contributed by atoms with E-state index in [9.17, 15) is 0 Å². The van der Waals surface area contributed by atoms with Crippen LogP contribution in [-0.4, -0.2) is 30.7 Å². The minimum absolute atomic E-state index is 0.152. The van der Waals surface area contributed by atoms with Gasteiger partial charge in [0.2, 0.25) is 0 Å². The van der Waals surface area contributed by atoms with E-state index < -0.39 is 0 Å². The van der Waals surface area contributed by atoms with Gasteiger partial charge >= 0.3 is 0 Å². The molecule has 1 saturated heterocycles. The van der Waals surface area contributed by atoms with Crippen LogP contribution in [0.3, 0.4) is 0 Å². The number of morpholine rings is 1. The molecule has 0 aliphatic carbocycles. The Balaban J connectivity index is 1.63. The Morgan fingerprint density at radius 2 is 1.86 bits per heavy atom. The van der Waals surface area contributed by atoms with Gasteiger partial charge in [0.25, 0.3) is 0 Å². The van der Waals surface area contributed by atoms with Gasteiger partial charge in [-0.1, -0.05) is 70.0 Å². The second-order valence-corrected chi connectivity index (χ2v) is 7.01. The van der Waals surface area contributed by atoms with E-state index in [0.29, 0.717) is 0 Å². The lowest BCUT2D eigenvalue weighted by molar-refractivity contribution is -0.0310. The molecule has 0 aromatic heterocycles. The van der Waals surface area contributed by atoms with E-state index in [1.54, 1.807) is 0 Å². The molecule has 2 aromatic rings. The van der Waals surface area contributed by atoms with Crippen molar-refractivity contribution in [3.8, 4) is 0 Å². The molecule has 3 rings (SSSR count). The van der Waals surface area contributed by atoms with Crippen LogP contribution in [-0.2, 0) is 11.3 Å². The average molecular weight is 381 g/mol. The Morgan fingerprint density at radius 3 is 2.59 bits per heavy atom. The van der Waals surface area contributed by atoms with Gasteiger partial charge in [0, 0.05) is 24.7 Å². The van der Waals surface area contributed by atoms with Crippen molar-refractivity contribution in [2.45, 2.75) is 17.5 Å². The summed E-state index contributed by atoms with van der Waals surface area (Å²) in [6.07, 6.45) is 0.152.